The zero-order chi connectivity index (χ0) is 15.0. The van der Waals surface area contributed by atoms with E-state index in [2.05, 4.69) is 15.9 Å². The molecule has 2 aromatic carbocycles. The molecule has 0 aromatic heterocycles. The van der Waals surface area contributed by atoms with Crippen molar-refractivity contribution in [1.29, 1.82) is 0 Å². The highest BCUT2D eigenvalue weighted by molar-refractivity contribution is 9.10. The van der Waals surface area contributed by atoms with Gasteiger partial charge in [0, 0.05) is 15.1 Å². The predicted molar refractivity (Wildman–Crippen MR) is 74.3 cm³/mol. The lowest BCUT2D eigenvalue weighted by Crippen LogP contribution is -2.07. The maximum absolute atomic E-state index is 13.8. The van der Waals surface area contributed by atoms with Crippen LogP contribution >= 0.6 is 27.5 Å². The van der Waals surface area contributed by atoms with Gasteiger partial charge in [-0.15, -0.1) is 0 Å². The lowest BCUT2D eigenvalue weighted by molar-refractivity contribution is 0.209. The van der Waals surface area contributed by atoms with Crippen LogP contribution in [0.3, 0.4) is 0 Å². The maximum Gasteiger partial charge on any atom is 0.133 e. The van der Waals surface area contributed by atoms with Crippen molar-refractivity contribution < 1.29 is 18.3 Å². The lowest BCUT2D eigenvalue weighted by Gasteiger charge is -2.16. The van der Waals surface area contributed by atoms with Gasteiger partial charge < -0.3 is 5.11 Å². The molecule has 0 amide bonds. The van der Waals surface area contributed by atoms with Gasteiger partial charge in [0.1, 0.15) is 23.6 Å². The number of hydrogen-bond acceptors (Lipinski definition) is 1. The molecule has 1 atom stereocenters. The highest BCUT2D eigenvalue weighted by Crippen LogP contribution is 2.34. The standard InChI is InChI=1S/C14H9BrClF3O/c1-6-2-8(9(16)5-10(6)17)14(20)13-11(18)3-7(15)4-12(13)19/h2-5,14,20H,1H3. The molecule has 0 bridgehead atoms. The van der Waals surface area contributed by atoms with Crippen molar-refractivity contribution in [3.8, 4) is 0 Å². The first-order chi connectivity index (χ1) is 9.31. The number of aliphatic hydroxyl groups is 1. The number of halogens is 5. The zero-order valence-electron chi connectivity index (χ0n) is 10.2. The van der Waals surface area contributed by atoms with Crippen LogP contribution in [-0.4, -0.2) is 5.11 Å². The molecule has 1 nitrogen and oxygen atoms in total. The molecular weight excluding hydrogens is 357 g/mol. The summed E-state index contributed by atoms with van der Waals surface area (Å²) in [5, 5.41) is 10.0. The first kappa shape index (κ1) is 15.4. The number of benzene rings is 2. The molecule has 6 heteroatoms. The largest absolute Gasteiger partial charge is 0.383 e. The van der Waals surface area contributed by atoms with Gasteiger partial charge in [0.25, 0.3) is 0 Å². The van der Waals surface area contributed by atoms with Crippen LogP contribution in [0.25, 0.3) is 0 Å². The topological polar surface area (TPSA) is 20.2 Å². The van der Waals surface area contributed by atoms with Crippen LogP contribution in [-0.2, 0) is 0 Å². The fourth-order valence-corrected chi connectivity index (χ4v) is 2.51. The van der Waals surface area contributed by atoms with Gasteiger partial charge in [-0.05, 0) is 36.8 Å². The third-order valence-corrected chi connectivity index (χ3v) is 3.67. The fourth-order valence-electron chi connectivity index (χ4n) is 1.86. The van der Waals surface area contributed by atoms with E-state index in [-0.39, 0.29) is 20.6 Å². The van der Waals surface area contributed by atoms with Gasteiger partial charge >= 0.3 is 0 Å². The molecule has 0 aliphatic heterocycles. The van der Waals surface area contributed by atoms with Crippen molar-refractivity contribution >= 4 is 27.5 Å². The smallest absolute Gasteiger partial charge is 0.133 e. The highest BCUT2D eigenvalue weighted by Gasteiger charge is 2.23. The molecule has 0 saturated heterocycles. The summed E-state index contributed by atoms with van der Waals surface area (Å²) in [6, 6.07) is 4.34. The van der Waals surface area contributed by atoms with Crippen LogP contribution in [0.2, 0.25) is 5.02 Å². The molecule has 0 aliphatic carbocycles. The molecular formula is C14H9BrClF3O. The van der Waals surface area contributed by atoms with Gasteiger partial charge in [0.15, 0.2) is 0 Å². The van der Waals surface area contributed by atoms with Crippen LogP contribution < -0.4 is 0 Å². The van der Waals surface area contributed by atoms with Crippen molar-refractivity contribution in [3.05, 3.63) is 67.9 Å². The van der Waals surface area contributed by atoms with Crippen LogP contribution in [0, 0.1) is 24.4 Å². The minimum absolute atomic E-state index is 0.0469. The number of aliphatic hydroxyl groups excluding tert-OH is 1. The van der Waals surface area contributed by atoms with E-state index in [9.17, 15) is 18.3 Å². The SMILES string of the molecule is Cc1cc(C(O)c2c(F)cc(Br)cc2F)c(Cl)cc1F. The van der Waals surface area contributed by atoms with Crippen molar-refractivity contribution in [2.24, 2.45) is 0 Å². The van der Waals surface area contributed by atoms with Crippen molar-refractivity contribution in [2.45, 2.75) is 13.0 Å². The van der Waals surface area contributed by atoms with Gasteiger partial charge in [-0.3, -0.25) is 0 Å². The summed E-state index contributed by atoms with van der Waals surface area (Å²) >= 11 is 8.78. The normalized spacial score (nSPS) is 12.6. The molecule has 20 heavy (non-hydrogen) atoms. The summed E-state index contributed by atoms with van der Waals surface area (Å²) in [6.45, 7) is 1.47. The number of hydrogen-bond donors (Lipinski definition) is 1. The van der Waals surface area contributed by atoms with Gasteiger partial charge in [-0.1, -0.05) is 27.5 Å². The fraction of sp³-hybridized carbons (Fsp3) is 0.143. The number of aryl methyl sites for hydroxylation is 1. The monoisotopic (exact) mass is 364 g/mol. The van der Waals surface area contributed by atoms with Crippen molar-refractivity contribution in [2.75, 3.05) is 0 Å². The summed E-state index contributed by atoms with van der Waals surface area (Å²) in [5.41, 5.74) is -0.256. The Morgan fingerprint density at radius 3 is 2.15 bits per heavy atom. The predicted octanol–water partition coefficient (Wildman–Crippen LogP) is 4.91. The van der Waals surface area contributed by atoms with Gasteiger partial charge in [0.2, 0.25) is 0 Å². The van der Waals surface area contributed by atoms with Crippen LogP contribution in [0.15, 0.2) is 28.7 Å². The summed E-state index contributed by atoms with van der Waals surface area (Å²) < 4.78 is 41.2. The third kappa shape index (κ3) is 2.85. The molecule has 1 N–H and O–H groups in total. The Hall–Kier alpha value is -1.04. The molecule has 2 aromatic rings. The van der Waals surface area contributed by atoms with E-state index in [0.29, 0.717) is 0 Å². The first-order valence-corrected chi connectivity index (χ1v) is 6.76. The van der Waals surface area contributed by atoms with Crippen molar-refractivity contribution in [3.63, 3.8) is 0 Å². The van der Waals surface area contributed by atoms with Gasteiger partial charge in [-0.25, -0.2) is 13.2 Å². The van der Waals surface area contributed by atoms with E-state index >= 15 is 0 Å². The second-order valence-electron chi connectivity index (χ2n) is 4.31. The Morgan fingerprint density at radius 1 is 1.05 bits per heavy atom. The summed E-state index contributed by atoms with van der Waals surface area (Å²) in [4.78, 5) is 0. The average Bonchev–Trinajstić information content (AvgIpc) is 2.32. The molecule has 2 rings (SSSR count). The second kappa shape index (κ2) is 5.76. The van der Waals surface area contributed by atoms with E-state index in [0.717, 1.165) is 18.2 Å². The third-order valence-electron chi connectivity index (χ3n) is 2.89. The van der Waals surface area contributed by atoms with Gasteiger partial charge in [0.05, 0.1) is 5.56 Å². The Kier molecular flexibility index (Phi) is 4.42. The van der Waals surface area contributed by atoms with E-state index in [4.69, 9.17) is 11.6 Å². The first-order valence-electron chi connectivity index (χ1n) is 5.59. The lowest BCUT2D eigenvalue weighted by atomic mass is 9.98. The minimum atomic E-state index is -1.62. The molecule has 0 radical (unpaired) electrons. The number of rotatable bonds is 2. The quantitative estimate of drug-likeness (QED) is 0.802. The molecule has 0 aliphatic rings. The van der Waals surface area contributed by atoms with E-state index < -0.39 is 29.1 Å². The Balaban J connectivity index is 2.57. The molecule has 106 valence electrons. The Bertz CT molecular complexity index is 653. The van der Waals surface area contributed by atoms with Crippen LogP contribution in [0.4, 0.5) is 13.2 Å². The maximum atomic E-state index is 13.8. The molecule has 0 saturated carbocycles. The average molecular weight is 366 g/mol. The van der Waals surface area contributed by atoms with Crippen LogP contribution in [0.1, 0.15) is 22.8 Å². The summed E-state index contributed by atoms with van der Waals surface area (Å²) in [6.07, 6.45) is -1.62. The summed E-state index contributed by atoms with van der Waals surface area (Å²) in [5.74, 6) is -2.38. The summed E-state index contributed by atoms with van der Waals surface area (Å²) in [7, 11) is 0. The Morgan fingerprint density at radius 2 is 1.60 bits per heavy atom. The highest BCUT2D eigenvalue weighted by atomic mass is 79.9. The van der Waals surface area contributed by atoms with E-state index in [1.165, 1.54) is 13.0 Å². The molecule has 0 fully saturated rings. The van der Waals surface area contributed by atoms with Gasteiger partial charge in [-0.2, -0.15) is 0 Å². The molecule has 1 unspecified atom stereocenters. The molecule has 0 heterocycles. The molecule has 0 spiro atoms. The second-order valence-corrected chi connectivity index (χ2v) is 5.63. The van der Waals surface area contributed by atoms with E-state index in [1.54, 1.807) is 0 Å². The Labute approximate surface area is 127 Å². The van der Waals surface area contributed by atoms with E-state index in [1.807, 2.05) is 0 Å². The minimum Gasteiger partial charge on any atom is -0.383 e. The van der Waals surface area contributed by atoms with Crippen LogP contribution in [0.5, 0.6) is 0 Å². The zero-order valence-corrected chi connectivity index (χ0v) is 12.6. The van der Waals surface area contributed by atoms with Crippen molar-refractivity contribution in [1.82, 2.24) is 0 Å².